The van der Waals surface area contributed by atoms with Crippen LogP contribution in [0.4, 0.5) is 5.69 Å². The second kappa shape index (κ2) is 9.37. The number of aromatic nitrogens is 1. The van der Waals surface area contributed by atoms with E-state index in [1.165, 1.54) is 16.5 Å². The topological polar surface area (TPSA) is 67.2 Å². The summed E-state index contributed by atoms with van der Waals surface area (Å²) >= 11 is 0. The lowest BCUT2D eigenvalue weighted by atomic mass is 10.1. The van der Waals surface area contributed by atoms with Crippen LogP contribution in [0.1, 0.15) is 30.9 Å². The summed E-state index contributed by atoms with van der Waals surface area (Å²) in [5.74, 6) is -0.711. The van der Waals surface area contributed by atoms with Gasteiger partial charge in [-0.1, -0.05) is 43.3 Å². The molecule has 0 fully saturated rings. The number of nitrogens with zero attached hydrogens (tertiary/aromatic N) is 1. The van der Waals surface area contributed by atoms with E-state index in [1.807, 2.05) is 31.2 Å². The molecule has 26 heavy (non-hydrogen) atoms. The number of hydrogen-bond acceptors (Lipinski definition) is 2. The largest absolute Gasteiger partial charge is 0.481 e. The molecule has 0 aliphatic rings. The van der Waals surface area contributed by atoms with Gasteiger partial charge in [0, 0.05) is 24.2 Å². The molecule has 0 atom stereocenters. The van der Waals surface area contributed by atoms with E-state index in [2.05, 4.69) is 60.3 Å². The van der Waals surface area contributed by atoms with Crippen molar-refractivity contribution in [1.29, 1.82) is 0 Å². The predicted octanol–water partition coefficient (Wildman–Crippen LogP) is 4.29. The summed E-state index contributed by atoms with van der Waals surface area (Å²) in [7, 11) is 2.07. The molecule has 4 nitrogen and oxygen atoms in total. The maximum Gasteiger partial charge on any atom is 0.303 e. The highest BCUT2D eigenvalue weighted by Gasteiger charge is 2.06. The highest BCUT2D eigenvalue weighted by Crippen LogP contribution is 2.18. The van der Waals surface area contributed by atoms with Crippen LogP contribution >= 0.6 is 0 Å². The van der Waals surface area contributed by atoms with Crippen molar-refractivity contribution in [3.8, 4) is 0 Å². The molecular formula is C22H25N2O2+. The van der Waals surface area contributed by atoms with Gasteiger partial charge in [0.25, 0.3) is 0 Å². The van der Waals surface area contributed by atoms with E-state index in [0.717, 1.165) is 17.7 Å². The molecule has 2 aromatic carbocycles. The number of anilines is 1. The molecule has 1 aromatic heterocycles. The van der Waals surface area contributed by atoms with Crippen molar-refractivity contribution >= 4 is 34.7 Å². The summed E-state index contributed by atoms with van der Waals surface area (Å²) in [6, 6.07) is 18.4. The minimum atomic E-state index is -0.711. The number of para-hydroxylation sites is 1. The summed E-state index contributed by atoms with van der Waals surface area (Å²) in [5, 5.41) is 9.17. The number of carboxylic acids is 1. The van der Waals surface area contributed by atoms with Gasteiger partial charge in [0.15, 0.2) is 6.20 Å². The fourth-order valence-electron chi connectivity index (χ4n) is 2.54. The Morgan fingerprint density at radius 2 is 1.77 bits per heavy atom. The maximum atomic E-state index is 9.60. The lowest BCUT2D eigenvalue weighted by molar-refractivity contribution is -0.644. The van der Waals surface area contributed by atoms with E-state index < -0.39 is 5.97 Å². The number of rotatable bonds is 4. The van der Waals surface area contributed by atoms with Gasteiger partial charge < -0.3 is 10.8 Å². The molecule has 0 aliphatic carbocycles. The second-order valence-corrected chi connectivity index (χ2v) is 6.04. The number of carbonyl (C=O) groups is 1. The maximum absolute atomic E-state index is 9.60. The van der Waals surface area contributed by atoms with Crippen molar-refractivity contribution in [2.24, 2.45) is 7.05 Å². The highest BCUT2D eigenvalue weighted by atomic mass is 16.4. The first-order valence-corrected chi connectivity index (χ1v) is 8.64. The number of carboxylic acid groups (broad SMARTS) is 1. The zero-order chi connectivity index (χ0) is 18.9. The zero-order valence-electron chi connectivity index (χ0n) is 15.2. The monoisotopic (exact) mass is 349 g/mol. The number of nitrogens with two attached hydrogens (primary N) is 1. The fourth-order valence-corrected chi connectivity index (χ4v) is 2.54. The van der Waals surface area contributed by atoms with Crippen molar-refractivity contribution in [1.82, 2.24) is 0 Å². The Balaban J connectivity index is 0.000000352. The predicted molar refractivity (Wildman–Crippen MR) is 107 cm³/mol. The molecule has 0 unspecified atom stereocenters. The first-order valence-electron chi connectivity index (χ1n) is 8.64. The molecule has 0 amide bonds. The zero-order valence-corrected chi connectivity index (χ0v) is 15.2. The third kappa shape index (κ3) is 5.45. The van der Waals surface area contributed by atoms with Gasteiger partial charge in [0.2, 0.25) is 5.52 Å². The van der Waals surface area contributed by atoms with Crippen LogP contribution in [0.5, 0.6) is 0 Å². The molecule has 0 saturated heterocycles. The van der Waals surface area contributed by atoms with Crippen LogP contribution in [-0.4, -0.2) is 11.1 Å². The molecule has 0 spiro atoms. The Bertz CT molecular complexity index is 900. The number of aryl methyl sites for hydroxylation is 1. The number of hydrogen-bond donors (Lipinski definition) is 2. The van der Waals surface area contributed by atoms with Gasteiger partial charge in [0.05, 0.1) is 5.39 Å². The quantitative estimate of drug-likeness (QED) is 0.545. The Labute approximate surface area is 154 Å². The van der Waals surface area contributed by atoms with Crippen LogP contribution in [0, 0.1) is 0 Å². The summed E-state index contributed by atoms with van der Waals surface area (Å²) in [5.41, 5.74) is 10.1. The Kier molecular flexibility index (Phi) is 6.92. The molecule has 1 heterocycles. The third-order valence-corrected chi connectivity index (χ3v) is 3.93. The molecule has 0 radical (unpaired) electrons. The lowest BCUT2D eigenvalue weighted by Gasteiger charge is -2.01. The van der Waals surface area contributed by atoms with Crippen molar-refractivity contribution in [3.05, 3.63) is 71.9 Å². The number of benzene rings is 2. The molecule has 0 bridgehead atoms. The number of fused-ring (bicyclic) bond motifs is 1. The van der Waals surface area contributed by atoms with E-state index in [4.69, 9.17) is 10.8 Å². The van der Waals surface area contributed by atoms with Crippen molar-refractivity contribution in [2.45, 2.75) is 19.8 Å². The van der Waals surface area contributed by atoms with Crippen LogP contribution in [0.15, 0.2) is 60.8 Å². The highest BCUT2D eigenvalue weighted by molar-refractivity contribution is 5.88. The van der Waals surface area contributed by atoms with E-state index >= 15 is 0 Å². The third-order valence-electron chi connectivity index (χ3n) is 3.93. The van der Waals surface area contributed by atoms with Crippen molar-refractivity contribution < 1.29 is 14.5 Å². The van der Waals surface area contributed by atoms with Crippen LogP contribution < -0.4 is 10.3 Å². The van der Waals surface area contributed by atoms with Gasteiger partial charge in [-0.05, 0) is 35.7 Å². The molecule has 3 aromatic rings. The van der Waals surface area contributed by atoms with Crippen LogP contribution in [0.25, 0.3) is 23.1 Å². The van der Waals surface area contributed by atoms with E-state index in [-0.39, 0.29) is 0 Å². The summed E-state index contributed by atoms with van der Waals surface area (Å²) in [4.78, 5) is 9.60. The molecule has 134 valence electrons. The lowest BCUT2D eigenvalue weighted by Crippen LogP contribution is -2.28. The van der Waals surface area contributed by atoms with Crippen LogP contribution in [0.2, 0.25) is 0 Å². The smallest absolute Gasteiger partial charge is 0.303 e. The van der Waals surface area contributed by atoms with Gasteiger partial charge in [-0.25, -0.2) is 4.57 Å². The molecular weight excluding hydrogens is 324 g/mol. The van der Waals surface area contributed by atoms with Gasteiger partial charge in [-0.15, -0.1) is 0 Å². The normalized spacial score (nSPS) is 10.5. The average Bonchev–Trinajstić information content (AvgIpc) is 2.63. The Morgan fingerprint density at radius 3 is 2.38 bits per heavy atom. The number of nitrogen functional groups attached to an aromatic ring is 1. The van der Waals surface area contributed by atoms with Crippen molar-refractivity contribution in [2.75, 3.05) is 5.73 Å². The van der Waals surface area contributed by atoms with E-state index in [1.54, 1.807) is 0 Å². The Morgan fingerprint density at radius 1 is 1.08 bits per heavy atom. The summed E-state index contributed by atoms with van der Waals surface area (Å²) in [6.07, 6.45) is 7.37. The first kappa shape index (κ1) is 19.2. The summed E-state index contributed by atoms with van der Waals surface area (Å²) in [6.45, 7) is 1.84. The Hall–Kier alpha value is -3.14. The molecule has 3 rings (SSSR count). The minimum Gasteiger partial charge on any atom is -0.481 e. The van der Waals surface area contributed by atoms with Crippen LogP contribution in [0.3, 0.4) is 0 Å². The van der Waals surface area contributed by atoms with E-state index in [9.17, 15) is 4.79 Å². The SMILES string of the molecule is CCCC(=O)O.C[n+]1ccc(C=Cc2ccc(N)cc2)c2ccccc21. The summed E-state index contributed by atoms with van der Waals surface area (Å²) < 4.78 is 2.13. The van der Waals surface area contributed by atoms with E-state index in [0.29, 0.717) is 6.42 Å². The standard InChI is InChI=1S/C18H16N2.C4H8O2/c1-20-13-12-15(17-4-2-3-5-18(17)20)9-6-14-7-10-16(19)11-8-14;1-2-3-4(5)6/h2-13,19H,1H3;2-3H2,1H3,(H,5,6)/p+1. The van der Waals surface area contributed by atoms with Gasteiger partial charge in [-0.3, -0.25) is 4.79 Å². The van der Waals surface area contributed by atoms with Gasteiger partial charge in [-0.2, -0.15) is 0 Å². The molecule has 3 N–H and O–H groups in total. The minimum absolute atomic E-state index is 0.292. The molecule has 0 aliphatic heterocycles. The van der Waals surface area contributed by atoms with Gasteiger partial charge in [0.1, 0.15) is 7.05 Å². The van der Waals surface area contributed by atoms with Crippen LogP contribution in [-0.2, 0) is 11.8 Å². The fraction of sp³-hybridized carbons (Fsp3) is 0.182. The second-order valence-electron chi connectivity index (χ2n) is 6.04. The number of aliphatic carboxylic acids is 1. The van der Waals surface area contributed by atoms with Crippen molar-refractivity contribution in [3.63, 3.8) is 0 Å². The first-order chi connectivity index (χ1) is 12.5. The molecule has 0 saturated carbocycles. The average molecular weight is 349 g/mol. The van der Waals surface area contributed by atoms with Gasteiger partial charge >= 0.3 is 5.97 Å². The molecule has 4 heteroatoms. The number of pyridine rings is 1.